The van der Waals surface area contributed by atoms with E-state index < -0.39 is 0 Å². The van der Waals surface area contributed by atoms with Crippen LogP contribution in [0.5, 0.6) is 0 Å². The third-order valence-electron chi connectivity index (χ3n) is 4.33. The van der Waals surface area contributed by atoms with E-state index in [9.17, 15) is 0 Å². The predicted molar refractivity (Wildman–Crippen MR) is 83.4 cm³/mol. The molecule has 3 rings (SSSR count). The highest BCUT2D eigenvalue weighted by Crippen LogP contribution is 2.33. The van der Waals surface area contributed by atoms with Crippen LogP contribution in [0.1, 0.15) is 48.4 Å². The quantitative estimate of drug-likeness (QED) is 0.831. The van der Waals surface area contributed by atoms with Crippen molar-refractivity contribution < 1.29 is 0 Å². The summed E-state index contributed by atoms with van der Waals surface area (Å²) >= 11 is 5.58. The van der Waals surface area contributed by atoms with Crippen molar-refractivity contribution in [2.75, 3.05) is 6.54 Å². The van der Waals surface area contributed by atoms with Crippen molar-refractivity contribution in [3.05, 3.63) is 34.9 Å². The highest BCUT2D eigenvalue weighted by Gasteiger charge is 2.31. The predicted octanol–water partition coefficient (Wildman–Crippen LogP) is 3.48. The summed E-state index contributed by atoms with van der Waals surface area (Å²) in [5.41, 5.74) is 4.16. The van der Waals surface area contributed by atoms with Crippen LogP contribution in [-0.2, 0) is 0 Å². The minimum atomic E-state index is 0.470. The van der Waals surface area contributed by atoms with Gasteiger partial charge in [-0.3, -0.25) is 0 Å². The summed E-state index contributed by atoms with van der Waals surface area (Å²) in [7, 11) is 0. The second-order valence-corrected chi connectivity index (χ2v) is 6.31. The summed E-state index contributed by atoms with van der Waals surface area (Å²) in [4.78, 5) is 2.39. The Morgan fingerprint density at radius 2 is 2.00 bits per heavy atom. The molecule has 0 radical (unpaired) electrons. The van der Waals surface area contributed by atoms with Gasteiger partial charge in [0.25, 0.3) is 0 Å². The molecule has 0 unspecified atom stereocenters. The number of likely N-dealkylation sites (tertiary alicyclic amines) is 1. The molecule has 0 aromatic heterocycles. The fourth-order valence-electron chi connectivity index (χ4n) is 2.81. The lowest BCUT2D eigenvalue weighted by Gasteiger charge is -2.28. The summed E-state index contributed by atoms with van der Waals surface area (Å²) in [6, 6.07) is 7.95. The summed E-state index contributed by atoms with van der Waals surface area (Å²) < 4.78 is 0. The molecule has 0 spiro atoms. The highest BCUT2D eigenvalue weighted by molar-refractivity contribution is 7.80. The Morgan fingerprint density at radius 1 is 1.21 bits per heavy atom. The van der Waals surface area contributed by atoms with E-state index in [-0.39, 0.29) is 0 Å². The van der Waals surface area contributed by atoms with Crippen molar-refractivity contribution >= 4 is 17.3 Å². The van der Waals surface area contributed by atoms with Crippen LogP contribution in [0.3, 0.4) is 0 Å². The molecule has 2 nitrogen and oxygen atoms in total. The topological polar surface area (TPSA) is 15.3 Å². The maximum absolute atomic E-state index is 5.58. The van der Waals surface area contributed by atoms with E-state index in [1.54, 1.807) is 0 Å². The molecule has 19 heavy (non-hydrogen) atoms. The first kappa shape index (κ1) is 12.9. The molecule has 1 aromatic carbocycles. The zero-order valence-corrected chi connectivity index (χ0v) is 12.6. The van der Waals surface area contributed by atoms with Crippen molar-refractivity contribution in [2.45, 2.75) is 51.6 Å². The van der Waals surface area contributed by atoms with Crippen molar-refractivity contribution in [1.29, 1.82) is 0 Å². The van der Waals surface area contributed by atoms with Crippen LogP contribution >= 0.6 is 12.2 Å². The van der Waals surface area contributed by atoms with Crippen LogP contribution in [0, 0.1) is 13.8 Å². The summed E-state index contributed by atoms with van der Waals surface area (Å²) in [5, 5.41) is 4.44. The molecule has 102 valence electrons. The Bertz CT molecular complexity index is 494. The lowest BCUT2D eigenvalue weighted by Crippen LogP contribution is -2.40. The van der Waals surface area contributed by atoms with Crippen LogP contribution < -0.4 is 5.32 Å². The van der Waals surface area contributed by atoms with Crippen LogP contribution in [0.25, 0.3) is 0 Å². The third-order valence-corrected chi connectivity index (χ3v) is 4.69. The number of hydrogen-bond acceptors (Lipinski definition) is 1. The van der Waals surface area contributed by atoms with Crippen LogP contribution in [0.2, 0.25) is 0 Å². The maximum Gasteiger partial charge on any atom is 0.169 e. The van der Waals surface area contributed by atoms with Gasteiger partial charge < -0.3 is 10.2 Å². The van der Waals surface area contributed by atoms with Gasteiger partial charge in [0.2, 0.25) is 0 Å². The fraction of sp³-hybridized carbons (Fsp3) is 0.562. The Hall–Kier alpha value is -1.09. The smallest absolute Gasteiger partial charge is 0.169 e. The Morgan fingerprint density at radius 3 is 2.68 bits per heavy atom. The average Bonchev–Trinajstić information content (AvgIpc) is 3.06. The molecule has 0 amide bonds. The van der Waals surface area contributed by atoms with Crippen molar-refractivity contribution in [3.63, 3.8) is 0 Å². The first-order valence-corrected chi connectivity index (χ1v) is 7.70. The van der Waals surface area contributed by atoms with Gasteiger partial charge >= 0.3 is 0 Å². The first-order chi connectivity index (χ1) is 9.15. The van der Waals surface area contributed by atoms with Crippen molar-refractivity contribution in [1.82, 2.24) is 10.2 Å². The van der Waals surface area contributed by atoms with E-state index in [2.05, 4.69) is 42.3 Å². The average molecular weight is 274 g/mol. The zero-order valence-electron chi connectivity index (χ0n) is 11.8. The first-order valence-electron chi connectivity index (χ1n) is 7.29. The molecule has 0 bridgehead atoms. The van der Waals surface area contributed by atoms with Gasteiger partial charge in [0, 0.05) is 12.6 Å². The van der Waals surface area contributed by atoms with Gasteiger partial charge in [-0.1, -0.05) is 18.2 Å². The molecule has 1 aliphatic heterocycles. The summed E-state index contributed by atoms with van der Waals surface area (Å²) in [6.45, 7) is 5.46. The van der Waals surface area contributed by atoms with Crippen molar-refractivity contribution in [3.8, 4) is 0 Å². The number of benzene rings is 1. The van der Waals surface area contributed by atoms with E-state index in [0.717, 1.165) is 11.7 Å². The van der Waals surface area contributed by atoms with E-state index in [1.165, 1.54) is 42.4 Å². The van der Waals surface area contributed by atoms with Gasteiger partial charge in [0.15, 0.2) is 5.11 Å². The highest BCUT2D eigenvalue weighted by atomic mass is 32.1. The van der Waals surface area contributed by atoms with E-state index >= 15 is 0 Å². The monoisotopic (exact) mass is 274 g/mol. The van der Waals surface area contributed by atoms with Gasteiger partial charge in [0.1, 0.15) is 0 Å². The molecular weight excluding hydrogens is 252 g/mol. The molecule has 1 heterocycles. The Balaban J connectivity index is 1.77. The molecule has 3 heteroatoms. The molecule has 1 saturated carbocycles. The summed E-state index contributed by atoms with van der Waals surface area (Å²) in [6.07, 6.45) is 5.02. The van der Waals surface area contributed by atoms with E-state index in [0.29, 0.717) is 12.1 Å². The summed E-state index contributed by atoms with van der Waals surface area (Å²) in [5.74, 6) is 0. The Kier molecular flexibility index (Phi) is 3.48. The van der Waals surface area contributed by atoms with Gasteiger partial charge in [-0.05, 0) is 68.4 Å². The molecule has 1 atom stereocenters. The SMILES string of the molecule is Cc1ccc([C@H]2CCCN2C(=S)NC2CC2)cc1C. The molecule has 1 N–H and O–H groups in total. The minimum absolute atomic E-state index is 0.470. The second kappa shape index (κ2) is 5.12. The van der Waals surface area contributed by atoms with Crippen LogP contribution in [0.4, 0.5) is 0 Å². The lowest BCUT2D eigenvalue weighted by molar-refractivity contribution is 0.393. The zero-order chi connectivity index (χ0) is 13.4. The van der Waals surface area contributed by atoms with E-state index in [1.807, 2.05) is 0 Å². The van der Waals surface area contributed by atoms with Crippen LogP contribution in [-0.4, -0.2) is 22.6 Å². The van der Waals surface area contributed by atoms with Gasteiger partial charge in [-0.2, -0.15) is 0 Å². The van der Waals surface area contributed by atoms with Gasteiger partial charge in [-0.15, -0.1) is 0 Å². The standard InChI is InChI=1S/C16H22N2S/c1-11-5-6-13(10-12(11)2)15-4-3-9-18(15)16(19)17-14-7-8-14/h5-6,10,14-15H,3-4,7-9H2,1-2H3,(H,17,19)/t15-/m1/s1. The van der Waals surface area contributed by atoms with Crippen molar-refractivity contribution in [2.24, 2.45) is 0 Å². The molecule has 1 aromatic rings. The van der Waals surface area contributed by atoms with Gasteiger partial charge in [0.05, 0.1) is 6.04 Å². The minimum Gasteiger partial charge on any atom is -0.360 e. The number of hydrogen-bond donors (Lipinski definition) is 1. The number of nitrogens with zero attached hydrogens (tertiary/aromatic N) is 1. The number of nitrogens with one attached hydrogen (secondary N) is 1. The van der Waals surface area contributed by atoms with Crippen LogP contribution in [0.15, 0.2) is 18.2 Å². The molecule has 2 aliphatic rings. The third kappa shape index (κ3) is 2.76. The lowest BCUT2D eigenvalue weighted by atomic mass is 9.99. The normalized spacial score (nSPS) is 22.6. The second-order valence-electron chi connectivity index (χ2n) is 5.92. The van der Waals surface area contributed by atoms with Gasteiger partial charge in [-0.25, -0.2) is 0 Å². The molecule has 2 fully saturated rings. The Labute approximate surface area is 121 Å². The number of rotatable bonds is 2. The molecular formula is C16H22N2S. The number of thiocarbonyl (C=S) groups is 1. The maximum atomic E-state index is 5.58. The fourth-order valence-corrected chi connectivity index (χ4v) is 3.20. The molecule has 1 aliphatic carbocycles. The van der Waals surface area contributed by atoms with E-state index in [4.69, 9.17) is 12.2 Å². The largest absolute Gasteiger partial charge is 0.360 e. The number of aryl methyl sites for hydroxylation is 2. The molecule has 1 saturated heterocycles.